The zero-order valence-electron chi connectivity index (χ0n) is 14.4. The molecule has 2 aromatic rings. The Morgan fingerprint density at radius 2 is 2.15 bits per heavy atom. The van der Waals surface area contributed by atoms with Crippen LogP contribution in [0.2, 0.25) is 0 Å². The summed E-state index contributed by atoms with van der Waals surface area (Å²) in [6.07, 6.45) is 4.75. The fourth-order valence-corrected chi connectivity index (χ4v) is 4.28. The van der Waals surface area contributed by atoms with Crippen molar-refractivity contribution >= 4 is 33.9 Å². The molecule has 1 amide bonds. The standard InChI is InChI=1S/C16H18N4O5S/c1-3-25-16(22)12-9-6-4-5-7-11(9)26-15(12)17-14(21)13-10(20(23)24)8-19(2)18-13/h8H,3-7H2,1-2H3,(H,17,21). The van der Waals surface area contributed by atoms with Crippen molar-refractivity contribution in [2.45, 2.75) is 32.6 Å². The van der Waals surface area contributed by atoms with Crippen molar-refractivity contribution in [2.75, 3.05) is 11.9 Å². The Hall–Kier alpha value is -2.75. The van der Waals surface area contributed by atoms with Gasteiger partial charge in [-0.25, -0.2) is 4.79 Å². The van der Waals surface area contributed by atoms with Crippen molar-refractivity contribution in [3.05, 3.63) is 38.0 Å². The van der Waals surface area contributed by atoms with Crippen molar-refractivity contribution in [1.29, 1.82) is 0 Å². The molecule has 0 saturated heterocycles. The van der Waals surface area contributed by atoms with Crippen molar-refractivity contribution in [3.63, 3.8) is 0 Å². The number of amides is 1. The molecule has 10 heteroatoms. The van der Waals surface area contributed by atoms with Crippen LogP contribution >= 0.6 is 11.3 Å². The van der Waals surface area contributed by atoms with Gasteiger partial charge in [-0.1, -0.05) is 0 Å². The molecule has 0 saturated carbocycles. The number of carbonyl (C=O) groups excluding carboxylic acids is 2. The van der Waals surface area contributed by atoms with Crippen LogP contribution in [0.25, 0.3) is 0 Å². The van der Waals surface area contributed by atoms with E-state index in [2.05, 4.69) is 10.4 Å². The summed E-state index contributed by atoms with van der Waals surface area (Å²) >= 11 is 1.32. The Morgan fingerprint density at radius 1 is 1.42 bits per heavy atom. The van der Waals surface area contributed by atoms with Crippen LogP contribution in [0, 0.1) is 10.1 Å². The molecule has 0 fully saturated rings. The summed E-state index contributed by atoms with van der Waals surface area (Å²) in [5, 5.41) is 18.0. The summed E-state index contributed by atoms with van der Waals surface area (Å²) in [6.45, 7) is 1.94. The van der Waals surface area contributed by atoms with E-state index in [9.17, 15) is 19.7 Å². The number of aromatic nitrogens is 2. The molecule has 1 N–H and O–H groups in total. The number of rotatable bonds is 5. The van der Waals surface area contributed by atoms with Gasteiger partial charge in [-0.05, 0) is 38.2 Å². The number of thiophene rings is 1. The Bertz CT molecular complexity index is 886. The average Bonchev–Trinajstić information content (AvgIpc) is 3.15. The number of hydrogen-bond donors (Lipinski definition) is 1. The van der Waals surface area contributed by atoms with E-state index in [-0.39, 0.29) is 18.0 Å². The van der Waals surface area contributed by atoms with Gasteiger partial charge in [0, 0.05) is 11.9 Å². The van der Waals surface area contributed by atoms with Crippen LogP contribution in [0.4, 0.5) is 10.7 Å². The molecule has 9 nitrogen and oxygen atoms in total. The van der Waals surface area contributed by atoms with E-state index < -0.39 is 16.8 Å². The summed E-state index contributed by atoms with van der Waals surface area (Å²) in [6, 6.07) is 0. The third-order valence-electron chi connectivity index (χ3n) is 4.10. The van der Waals surface area contributed by atoms with Gasteiger partial charge in [0.15, 0.2) is 0 Å². The molecule has 138 valence electrons. The van der Waals surface area contributed by atoms with Crippen LogP contribution in [0.1, 0.15) is 51.1 Å². The minimum absolute atomic E-state index is 0.225. The molecule has 26 heavy (non-hydrogen) atoms. The predicted molar refractivity (Wildman–Crippen MR) is 94.7 cm³/mol. The highest BCUT2D eigenvalue weighted by Gasteiger charge is 2.30. The monoisotopic (exact) mass is 378 g/mol. The second-order valence-electron chi connectivity index (χ2n) is 5.88. The fourth-order valence-electron chi connectivity index (χ4n) is 3.01. The second kappa shape index (κ2) is 7.24. The van der Waals surface area contributed by atoms with Gasteiger partial charge >= 0.3 is 11.7 Å². The number of nitro groups is 1. The van der Waals surface area contributed by atoms with E-state index in [0.717, 1.165) is 36.1 Å². The SMILES string of the molecule is CCOC(=O)c1c(NC(=O)c2nn(C)cc2[N+](=O)[O-])sc2c1CCCC2. The number of nitrogens with one attached hydrogen (secondary N) is 1. The van der Waals surface area contributed by atoms with Gasteiger partial charge in [0.05, 0.1) is 17.1 Å². The topological polar surface area (TPSA) is 116 Å². The molecular weight excluding hydrogens is 360 g/mol. The molecule has 1 aliphatic rings. The van der Waals surface area contributed by atoms with Gasteiger partial charge in [0.25, 0.3) is 5.91 Å². The van der Waals surface area contributed by atoms with Crippen molar-refractivity contribution < 1.29 is 19.2 Å². The number of ether oxygens (including phenoxy) is 1. The quantitative estimate of drug-likeness (QED) is 0.486. The van der Waals surface area contributed by atoms with Crippen LogP contribution < -0.4 is 5.32 Å². The second-order valence-corrected chi connectivity index (χ2v) is 6.99. The van der Waals surface area contributed by atoms with Crippen LogP contribution in [-0.2, 0) is 24.6 Å². The van der Waals surface area contributed by atoms with Crippen LogP contribution in [0.5, 0.6) is 0 Å². The third-order valence-corrected chi connectivity index (χ3v) is 5.31. The summed E-state index contributed by atoms with van der Waals surface area (Å²) in [4.78, 5) is 36.5. The number of hydrogen-bond acceptors (Lipinski definition) is 7. The van der Waals surface area contributed by atoms with Gasteiger partial charge in [0.1, 0.15) is 11.2 Å². The van der Waals surface area contributed by atoms with Gasteiger partial charge < -0.3 is 10.1 Å². The number of aryl methyl sites for hydroxylation is 2. The number of fused-ring (bicyclic) bond motifs is 1. The van der Waals surface area contributed by atoms with Crippen molar-refractivity contribution in [2.24, 2.45) is 7.05 Å². The molecular formula is C16H18N4O5S. The maximum atomic E-state index is 12.6. The van der Waals surface area contributed by atoms with Crippen LogP contribution in [-0.4, -0.2) is 33.2 Å². The van der Waals surface area contributed by atoms with E-state index in [1.807, 2.05) is 0 Å². The predicted octanol–water partition coefficient (Wildman–Crippen LogP) is 2.70. The average molecular weight is 378 g/mol. The molecule has 0 bridgehead atoms. The van der Waals surface area contributed by atoms with Gasteiger partial charge in [-0.15, -0.1) is 11.3 Å². The van der Waals surface area contributed by atoms with Gasteiger partial charge in [0.2, 0.25) is 5.69 Å². The number of nitrogens with zero attached hydrogens (tertiary/aromatic N) is 3. The first-order valence-electron chi connectivity index (χ1n) is 8.23. The lowest BCUT2D eigenvalue weighted by Crippen LogP contribution is -2.17. The molecule has 0 atom stereocenters. The van der Waals surface area contributed by atoms with Gasteiger partial charge in [-0.3, -0.25) is 19.6 Å². The van der Waals surface area contributed by atoms with Crippen molar-refractivity contribution in [1.82, 2.24) is 9.78 Å². The maximum Gasteiger partial charge on any atom is 0.341 e. The van der Waals surface area contributed by atoms with Gasteiger partial charge in [-0.2, -0.15) is 5.10 Å². The van der Waals surface area contributed by atoms with Crippen molar-refractivity contribution in [3.8, 4) is 0 Å². The molecule has 0 radical (unpaired) electrons. The minimum Gasteiger partial charge on any atom is -0.462 e. The van der Waals surface area contributed by atoms with E-state index in [1.54, 1.807) is 6.92 Å². The molecule has 3 rings (SSSR count). The highest BCUT2D eigenvalue weighted by atomic mass is 32.1. The first-order chi connectivity index (χ1) is 12.4. The Balaban J connectivity index is 1.97. The normalized spacial score (nSPS) is 13.2. The number of carbonyl (C=O) groups is 2. The summed E-state index contributed by atoms with van der Waals surface area (Å²) in [5.41, 5.74) is 0.590. The molecule has 2 heterocycles. The summed E-state index contributed by atoms with van der Waals surface area (Å²) in [5.74, 6) is -1.21. The smallest absolute Gasteiger partial charge is 0.341 e. The highest BCUT2D eigenvalue weighted by molar-refractivity contribution is 7.17. The van der Waals surface area contributed by atoms with E-state index in [4.69, 9.17) is 4.74 Å². The molecule has 0 aliphatic heterocycles. The molecule has 1 aliphatic carbocycles. The number of anilines is 1. The number of esters is 1. The first-order valence-corrected chi connectivity index (χ1v) is 9.05. The lowest BCUT2D eigenvalue weighted by atomic mass is 9.95. The van der Waals surface area contributed by atoms with E-state index in [1.165, 1.54) is 29.3 Å². The summed E-state index contributed by atoms with van der Waals surface area (Å²) in [7, 11) is 1.50. The molecule has 0 aromatic carbocycles. The molecule has 0 unspecified atom stereocenters. The molecule has 2 aromatic heterocycles. The lowest BCUT2D eigenvalue weighted by Gasteiger charge is -2.12. The van der Waals surface area contributed by atoms with Crippen LogP contribution in [0.3, 0.4) is 0 Å². The van der Waals surface area contributed by atoms with E-state index >= 15 is 0 Å². The maximum absolute atomic E-state index is 12.6. The Labute approximate surface area is 153 Å². The summed E-state index contributed by atoms with van der Waals surface area (Å²) < 4.78 is 6.34. The first kappa shape index (κ1) is 18.1. The van der Waals surface area contributed by atoms with Crippen LogP contribution in [0.15, 0.2) is 6.20 Å². The Kier molecular flexibility index (Phi) is 5.03. The minimum atomic E-state index is -0.721. The van der Waals surface area contributed by atoms with E-state index in [0.29, 0.717) is 10.6 Å². The fraction of sp³-hybridized carbons (Fsp3) is 0.438. The zero-order valence-corrected chi connectivity index (χ0v) is 15.2. The molecule has 0 spiro atoms. The zero-order chi connectivity index (χ0) is 18.8. The largest absolute Gasteiger partial charge is 0.462 e. The highest BCUT2D eigenvalue weighted by Crippen LogP contribution is 2.39. The Morgan fingerprint density at radius 3 is 2.85 bits per heavy atom. The third kappa shape index (κ3) is 3.32. The lowest BCUT2D eigenvalue weighted by molar-refractivity contribution is -0.385.